The summed E-state index contributed by atoms with van der Waals surface area (Å²) in [6.07, 6.45) is 7.11. The zero-order valence-electron chi connectivity index (χ0n) is 9.41. The minimum atomic E-state index is -0.229. The second-order valence-corrected chi connectivity index (χ2v) is 6.41. The third-order valence-electron chi connectivity index (χ3n) is 6.24. The molecule has 3 nitrogen and oxygen atoms in total. The van der Waals surface area contributed by atoms with Crippen LogP contribution in [0.4, 0.5) is 0 Å². The van der Waals surface area contributed by atoms with Gasteiger partial charge in [-0.1, -0.05) is 12.2 Å². The Morgan fingerprint density at radius 1 is 1.00 bits per heavy atom. The van der Waals surface area contributed by atoms with Crippen LogP contribution in [-0.4, -0.2) is 11.9 Å². The van der Waals surface area contributed by atoms with Gasteiger partial charge in [0.15, 0.2) is 0 Å². The van der Waals surface area contributed by atoms with Crippen molar-refractivity contribution in [3.05, 3.63) is 12.2 Å². The van der Waals surface area contributed by atoms with Gasteiger partial charge in [-0.25, -0.2) is 0 Å². The van der Waals surface area contributed by atoms with Crippen LogP contribution in [0.5, 0.6) is 0 Å². The number of ether oxygens (including phenoxy) is 1. The van der Waals surface area contributed by atoms with Gasteiger partial charge in [0, 0.05) is 0 Å². The number of carbonyl (C=O) groups is 2. The van der Waals surface area contributed by atoms with Gasteiger partial charge >= 0.3 is 11.9 Å². The average Bonchev–Trinajstić information content (AvgIpc) is 2.88. The molecule has 0 N–H and O–H groups in total. The molecule has 17 heavy (non-hydrogen) atoms. The average molecular weight is 230 g/mol. The summed E-state index contributed by atoms with van der Waals surface area (Å²) >= 11 is 0. The molecule has 1 aliphatic heterocycles. The van der Waals surface area contributed by atoms with E-state index < -0.39 is 0 Å². The summed E-state index contributed by atoms with van der Waals surface area (Å²) in [5, 5.41) is 0. The molecule has 1 heterocycles. The maximum absolute atomic E-state index is 11.7. The van der Waals surface area contributed by atoms with Gasteiger partial charge in [-0.2, -0.15) is 0 Å². The van der Waals surface area contributed by atoms with Gasteiger partial charge in [-0.3, -0.25) is 9.59 Å². The molecule has 5 rings (SSSR count). The number of cyclic esters (lactones) is 2. The van der Waals surface area contributed by atoms with Crippen LogP contribution in [0.1, 0.15) is 12.8 Å². The maximum Gasteiger partial charge on any atom is 0.317 e. The maximum atomic E-state index is 11.7. The topological polar surface area (TPSA) is 43.4 Å². The van der Waals surface area contributed by atoms with Crippen molar-refractivity contribution in [1.82, 2.24) is 0 Å². The summed E-state index contributed by atoms with van der Waals surface area (Å²) in [4.78, 5) is 23.4. The van der Waals surface area contributed by atoms with Gasteiger partial charge < -0.3 is 4.74 Å². The van der Waals surface area contributed by atoms with E-state index in [1.165, 1.54) is 12.8 Å². The normalized spacial score (nSPS) is 60.9. The molecule has 3 heteroatoms. The lowest BCUT2D eigenvalue weighted by Crippen LogP contribution is -2.54. The van der Waals surface area contributed by atoms with Gasteiger partial charge in [0.1, 0.15) is 0 Å². The van der Waals surface area contributed by atoms with E-state index in [1.54, 1.807) is 0 Å². The Bertz CT molecular complexity index is 480. The number of carbonyl (C=O) groups excluding carboxylic acids is 2. The first-order valence-electron chi connectivity index (χ1n) is 6.69. The molecule has 3 saturated carbocycles. The molecule has 0 spiro atoms. The van der Waals surface area contributed by atoms with Gasteiger partial charge in [0.05, 0.1) is 11.8 Å². The van der Waals surface area contributed by atoms with Crippen molar-refractivity contribution in [3.63, 3.8) is 0 Å². The number of allylic oxidation sites excluding steroid dienone is 2. The van der Waals surface area contributed by atoms with E-state index in [4.69, 9.17) is 4.74 Å². The van der Waals surface area contributed by atoms with Crippen molar-refractivity contribution in [2.75, 3.05) is 0 Å². The first-order valence-corrected chi connectivity index (χ1v) is 6.69. The Kier molecular flexibility index (Phi) is 1.31. The predicted octanol–water partition coefficient (Wildman–Crippen LogP) is 1.39. The van der Waals surface area contributed by atoms with Crippen LogP contribution in [0.2, 0.25) is 0 Å². The van der Waals surface area contributed by atoms with Crippen molar-refractivity contribution in [3.8, 4) is 0 Å². The highest BCUT2D eigenvalue weighted by molar-refractivity contribution is 5.98. The van der Waals surface area contributed by atoms with E-state index in [0.29, 0.717) is 29.6 Å². The van der Waals surface area contributed by atoms with Crippen molar-refractivity contribution >= 4 is 11.9 Å². The highest BCUT2D eigenvalue weighted by atomic mass is 16.6. The highest BCUT2D eigenvalue weighted by Gasteiger charge is 2.74. The zero-order valence-corrected chi connectivity index (χ0v) is 9.41. The number of fused-ring (bicyclic) bond motifs is 11. The minimum Gasteiger partial charge on any atom is -0.393 e. The Morgan fingerprint density at radius 2 is 1.71 bits per heavy atom. The Balaban J connectivity index is 1.58. The second kappa shape index (κ2) is 2.50. The lowest BCUT2D eigenvalue weighted by atomic mass is 9.49. The lowest BCUT2D eigenvalue weighted by molar-refractivity contribution is -0.153. The molecule has 1 saturated heterocycles. The molecule has 0 aromatic heterocycles. The van der Waals surface area contributed by atoms with E-state index in [0.717, 1.165) is 5.92 Å². The Labute approximate surface area is 99.2 Å². The molecule has 8 atom stereocenters. The highest BCUT2D eigenvalue weighted by Crippen LogP contribution is 2.72. The summed E-state index contributed by atoms with van der Waals surface area (Å²) in [6.45, 7) is 0. The molecule has 4 aliphatic carbocycles. The molecule has 88 valence electrons. The molecule has 0 aromatic rings. The van der Waals surface area contributed by atoms with E-state index in [9.17, 15) is 9.59 Å². The van der Waals surface area contributed by atoms with Gasteiger partial charge in [0.2, 0.25) is 0 Å². The predicted molar refractivity (Wildman–Crippen MR) is 57.4 cm³/mol. The standard InChI is InChI=1S/C14H14O3/c15-13-11-9-7-4-8(6-3-1-2-5(6)7)10(9)12(11)14(16)17-13/h1-2,5-12H,3-4H2. The van der Waals surface area contributed by atoms with Crippen molar-refractivity contribution in [2.45, 2.75) is 12.8 Å². The van der Waals surface area contributed by atoms with Crippen molar-refractivity contribution in [2.24, 2.45) is 47.3 Å². The van der Waals surface area contributed by atoms with Crippen LogP contribution in [0.15, 0.2) is 12.2 Å². The Morgan fingerprint density at radius 3 is 2.47 bits per heavy atom. The summed E-state index contributed by atoms with van der Waals surface area (Å²) in [6, 6.07) is 0. The Hall–Kier alpha value is -1.12. The molecule has 2 bridgehead atoms. The first-order chi connectivity index (χ1) is 8.27. The monoisotopic (exact) mass is 230 g/mol. The molecule has 0 aromatic carbocycles. The number of hydrogen-bond donors (Lipinski definition) is 0. The fraction of sp³-hybridized carbons (Fsp3) is 0.714. The van der Waals surface area contributed by atoms with Crippen LogP contribution in [0, 0.1) is 47.3 Å². The molecule has 4 fully saturated rings. The lowest BCUT2D eigenvalue weighted by Gasteiger charge is -2.50. The van der Waals surface area contributed by atoms with Gasteiger partial charge in [-0.15, -0.1) is 0 Å². The molecule has 0 radical (unpaired) electrons. The largest absolute Gasteiger partial charge is 0.393 e. The van der Waals surface area contributed by atoms with Gasteiger partial charge in [0.25, 0.3) is 0 Å². The smallest absolute Gasteiger partial charge is 0.317 e. The van der Waals surface area contributed by atoms with E-state index in [1.807, 2.05) is 0 Å². The van der Waals surface area contributed by atoms with Crippen LogP contribution < -0.4 is 0 Å². The van der Waals surface area contributed by atoms with E-state index >= 15 is 0 Å². The summed E-state index contributed by atoms with van der Waals surface area (Å²) < 4.78 is 4.84. The van der Waals surface area contributed by atoms with Crippen LogP contribution >= 0.6 is 0 Å². The summed E-state index contributed by atoms with van der Waals surface area (Å²) in [5.74, 6) is 3.16. The fourth-order valence-electron chi connectivity index (χ4n) is 5.87. The fourth-order valence-corrected chi connectivity index (χ4v) is 5.87. The number of rotatable bonds is 0. The van der Waals surface area contributed by atoms with Crippen LogP contribution in [0.25, 0.3) is 0 Å². The summed E-state index contributed by atoms with van der Waals surface area (Å²) in [7, 11) is 0. The molecular formula is C14H14O3. The van der Waals surface area contributed by atoms with Crippen LogP contribution in [0.3, 0.4) is 0 Å². The zero-order chi connectivity index (χ0) is 11.3. The third kappa shape index (κ3) is 0.763. The first kappa shape index (κ1) is 8.90. The van der Waals surface area contributed by atoms with Crippen molar-refractivity contribution < 1.29 is 14.3 Å². The molecular weight excluding hydrogens is 216 g/mol. The third-order valence-corrected chi connectivity index (χ3v) is 6.24. The van der Waals surface area contributed by atoms with Gasteiger partial charge in [-0.05, 0) is 48.3 Å². The van der Waals surface area contributed by atoms with E-state index in [-0.39, 0.29) is 23.8 Å². The second-order valence-electron chi connectivity index (χ2n) is 6.41. The molecule has 5 aliphatic rings. The number of hydrogen-bond acceptors (Lipinski definition) is 3. The number of esters is 2. The van der Waals surface area contributed by atoms with Crippen molar-refractivity contribution in [1.29, 1.82) is 0 Å². The van der Waals surface area contributed by atoms with E-state index in [2.05, 4.69) is 12.2 Å². The SMILES string of the molecule is O=C1OC(=O)C2C1C1C3CC(C4CC=CC43)C21. The molecule has 8 unspecified atom stereocenters. The minimum absolute atomic E-state index is 0.0657. The quantitative estimate of drug-likeness (QED) is 0.273. The molecule has 0 amide bonds. The van der Waals surface area contributed by atoms with Crippen LogP contribution in [-0.2, 0) is 14.3 Å². The summed E-state index contributed by atoms with van der Waals surface area (Å²) in [5.41, 5.74) is 0.